The number of fused-ring (bicyclic) bond motifs is 1. The van der Waals surface area contributed by atoms with E-state index in [2.05, 4.69) is 9.97 Å². The highest BCUT2D eigenvalue weighted by molar-refractivity contribution is 7.22. The van der Waals surface area contributed by atoms with Crippen molar-refractivity contribution in [1.29, 1.82) is 0 Å². The molecule has 0 saturated carbocycles. The number of pyridine rings is 1. The molecule has 3 aromatic heterocycles. The van der Waals surface area contributed by atoms with Gasteiger partial charge in [0.1, 0.15) is 4.92 Å². The molecule has 0 N–H and O–H groups in total. The number of carbonyl (C=O) groups excluding carboxylic acids is 1. The van der Waals surface area contributed by atoms with Crippen molar-refractivity contribution in [2.75, 3.05) is 4.90 Å². The highest BCUT2D eigenvalue weighted by Gasteiger charge is 2.26. The molecule has 0 spiro atoms. The standard InChI is InChI=1S/C19H14N4O4S/c1-12-5-6-14-16(10-12)28-19(21-14)22(11-13-4-2-3-9-20-13)18(24)15-7-8-17(27-15)23(25)26/h2-10H,11H2,1H3. The van der Waals surface area contributed by atoms with E-state index in [0.717, 1.165) is 21.8 Å². The number of thiazole rings is 1. The van der Waals surface area contributed by atoms with Crippen LogP contribution in [0.5, 0.6) is 0 Å². The average molecular weight is 394 g/mol. The second-order valence-corrected chi connectivity index (χ2v) is 7.08. The predicted octanol–water partition coefficient (Wildman–Crippen LogP) is 4.35. The van der Waals surface area contributed by atoms with Crippen molar-refractivity contribution in [3.05, 3.63) is 81.9 Å². The zero-order valence-corrected chi connectivity index (χ0v) is 15.5. The molecule has 1 aromatic carbocycles. The molecule has 28 heavy (non-hydrogen) atoms. The maximum Gasteiger partial charge on any atom is 0.433 e. The van der Waals surface area contributed by atoms with E-state index in [4.69, 9.17) is 4.42 Å². The number of carbonyl (C=O) groups is 1. The molecule has 9 heteroatoms. The quantitative estimate of drug-likeness (QED) is 0.368. The molecule has 4 aromatic rings. The highest BCUT2D eigenvalue weighted by Crippen LogP contribution is 2.31. The van der Waals surface area contributed by atoms with E-state index in [9.17, 15) is 14.9 Å². The molecule has 0 aliphatic carbocycles. The first-order valence-corrected chi connectivity index (χ1v) is 9.16. The van der Waals surface area contributed by atoms with Crippen LogP contribution in [-0.2, 0) is 6.54 Å². The summed E-state index contributed by atoms with van der Waals surface area (Å²) >= 11 is 1.37. The first kappa shape index (κ1) is 17.8. The minimum Gasteiger partial charge on any atom is -0.395 e. The van der Waals surface area contributed by atoms with E-state index >= 15 is 0 Å². The van der Waals surface area contributed by atoms with Gasteiger partial charge in [0.2, 0.25) is 0 Å². The van der Waals surface area contributed by atoms with Crippen molar-refractivity contribution in [1.82, 2.24) is 9.97 Å². The fourth-order valence-corrected chi connectivity index (χ4v) is 3.75. The van der Waals surface area contributed by atoms with Crippen LogP contribution >= 0.6 is 11.3 Å². The molecule has 0 bridgehead atoms. The van der Waals surface area contributed by atoms with E-state index < -0.39 is 16.7 Å². The van der Waals surface area contributed by atoms with Gasteiger partial charge >= 0.3 is 5.88 Å². The van der Waals surface area contributed by atoms with Gasteiger partial charge in [-0.2, -0.15) is 0 Å². The zero-order valence-electron chi connectivity index (χ0n) is 14.7. The lowest BCUT2D eigenvalue weighted by atomic mass is 10.2. The number of amides is 1. The lowest BCUT2D eigenvalue weighted by molar-refractivity contribution is -0.402. The molecule has 0 radical (unpaired) electrons. The SMILES string of the molecule is Cc1ccc2nc(N(Cc3ccccn3)C(=O)c3ccc([N+](=O)[O-])o3)sc2c1. The highest BCUT2D eigenvalue weighted by atomic mass is 32.1. The summed E-state index contributed by atoms with van der Waals surface area (Å²) in [5, 5.41) is 11.4. The Kier molecular flexibility index (Phi) is 4.58. The molecule has 140 valence electrons. The largest absolute Gasteiger partial charge is 0.433 e. The van der Waals surface area contributed by atoms with Gasteiger partial charge in [-0.1, -0.05) is 23.5 Å². The van der Waals surface area contributed by atoms with E-state index in [1.807, 2.05) is 31.2 Å². The van der Waals surface area contributed by atoms with Crippen LogP contribution in [-0.4, -0.2) is 20.8 Å². The monoisotopic (exact) mass is 394 g/mol. The molecule has 0 unspecified atom stereocenters. The van der Waals surface area contributed by atoms with Gasteiger partial charge in [0.05, 0.1) is 28.5 Å². The summed E-state index contributed by atoms with van der Waals surface area (Å²) < 4.78 is 6.05. The van der Waals surface area contributed by atoms with Crippen molar-refractivity contribution in [2.45, 2.75) is 13.5 Å². The smallest absolute Gasteiger partial charge is 0.395 e. The normalized spacial score (nSPS) is 10.9. The molecular formula is C19H14N4O4S. The third-order valence-electron chi connectivity index (χ3n) is 4.04. The molecule has 8 nitrogen and oxygen atoms in total. The van der Waals surface area contributed by atoms with Gasteiger partial charge in [-0.25, -0.2) is 4.98 Å². The Morgan fingerprint density at radius 2 is 2.11 bits per heavy atom. The fourth-order valence-electron chi connectivity index (χ4n) is 2.69. The van der Waals surface area contributed by atoms with Gasteiger partial charge in [-0.3, -0.25) is 24.8 Å². The number of anilines is 1. The molecule has 1 amide bonds. The van der Waals surface area contributed by atoms with Crippen molar-refractivity contribution < 1.29 is 14.1 Å². The number of benzene rings is 1. The molecule has 4 rings (SSSR count). The number of nitro groups is 1. The van der Waals surface area contributed by atoms with Gasteiger partial charge in [-0.15, -0.1) is 0 Å². The number of rotatable bonds is 5. The Hall–Kier alpha value is -3.59. The Morgan fingerprint density at radius 3 is 2.82 bits per heavy atom. The van der Waals surface area contributed by atoms with Crippen molar-refractivity contribution in [2.24, 2.45) is 0 Å². The first-order chi connectivity index (χ1) is 13.5. The van der Waals surface area contributed by atoms with Gasteiger partial charge in [0.25, 0.3) is 5.91 Å². The van der Waals surface area contributed by atoms with Gasteiger partial charge in [0.15, 0.2) is 10.9 Å². The van der Waals surface area contributed by atoms with Crippen LogP contribution in [0.4, 0.5) is 11.0 Å². The van der Waals surface area contributed by atoms with Crippen molar-refractivity contribution in [3.8, 4) is 0 Å². The Balaban J connectivity index is 1.75. The molecule has 0 atom stereocenters. The fraction of sp³-hybridized carbons (Fsp3) is 0.105. The number of aromatic nitrogens is 2. The van der Waals surface area contributed by atoms with Crippen LogP contribution in [0.15, 0.2) is 59.1 Å². The van der Waals surface area contributed by atoms with Crippen LogP contribution in [0, 0.1) is 17.0 Å². The zero-order chi connectivity index (χ0) is 19.7. The van der Waals surface area contributed by atoms with E-state index in [1.54, 1.807) is 18.3 Å². The summed E-state index contributed by atoms with van der Waals surface area (Å²) in [6, 6.07) is 13.7. The van der Waals surface area contributed by atoms with Crippen molar-refractivity contribution in [3.63, 3.8) is 0 Å². The Labute approximate surface area is 163 Å². The van der Waals surface area contributed by atoms with Crippen LogP contribution < -0.4 is 4.90 Å². The summed E-state index contributed by atoms with van der Waals surface area (Å²) in [6.45, 7) is 2.14. The number of hydrogen-bond donors (Lipinski definition) is 0. The average Bonchev–Trinajstić information content (AvgIpc) is 3.33. The summed E-state index contributed by atoms with van der Waals surface area (Å²) in [4.78, 5) is 33.5. The lowest BCUT2D eigenvalue weighted by Crippen LogP contribution is -2.30. The van der Waals surface area contributed by atoms with Crippen LogP contribution in [0.2, 0.25) is 0 Å². The number of aryl methyl sites for hydroxylation is 1. The van der Waals surface area contributed by atoms with Crippen molar-refractivity contribution >= 4 is 38.5 Å². The van der Waals surface area contributed by atoms with Crippen LogP contribution in [0.1, 0.15) is 21.8 Å². The second-order valence-electron chi connectivity index (χ2n) is 6.07. The van der Waals surface area contributed by atoms with Crippen LogP contribution in [0.3, 0.4) is 0 Å². The maximum atomic E-state index is 13.1. The van der Waals surface area contributed by atoms with Gasteiger partial charge in [0, 0.05) is 6.20 Å². The molecule has 0 aliphatic heterocycles. The number of nitrogens with zero attached hydrogens (tertiary/aromatic N) is 4. The van der Waals surface area contributed by atoms with E-state index in [0.29, 0.717) is 10.8 Å². The van der Waals surface area contributed by atoms with Gasteiger partial charge in [-0.05, 0) is 42.8 Å². The van der Waals surface area contributed by atoms with E-state index in [-0.39, 0.29) is 12.3 Å². The molecule has 0 fully saturated rings. The molecular weight excluding hydrogens is 380 g/mol. The minimum atomic E-state index is -0.680. The summed E-state index contributed by atoms with van der Waals surface area (Å²) in [5.74, 6) is -1.13. The number of furan rings is 1. The molecule has 3 heterocycles. The second kappa shape index (κ2) is 7.20. The van der Waals surface area contributed by atoms with Crippen LogP contribution in [0.25, 0.3) is 10.2 Å². The third-order valence-corrected chi connectivity index (χ3v) is 5.08. The lowest BCUT2D eigenvalue weighted by Gasteiger charge is -2.18. The summed E-state index contributed by atoms with van der Waals surface area (Å²) in [5.41, 5.74) is 2.52. The number of hydrogen-bond acceptors (Lipinski definition) is 7. The maximum absolute atomic E-state index is 13.1. The summed E-state index contributed by atoms with van der Waals surface area (Å²) in [6.07, 6.45) is 1.64. The van der Waals surface area contributed by atoms with E-state index in [1.165, 1.54) is 22.3 Å². The minimum absolute atomic E-state index is 0.127. The first-order valence-electron chi connectivity index (χ1n) is 8.34. The third kappa shape index (κ3) is 3.47. The molecule has 0 aliphatic rings. The topological polar surface area (TPSA) is 102 Å². The van der Waals surface area contributed by atoms with Gasteiger partial charge < -0.3 is 4.42 Å². The Morgan fingerprint density at radius 1 is 1.25 bits per heavy atom. The molecule has 0 saturated heterocycles. The summed E-state index contributed by atoms with van der Waals surface area (Å²) in [7, 11) is 0. The predicted molar refractivity (Wildman–Crippen MR) is 104 cm³/mol. The Bertz CT molecular complexity index is 1170.